The fraction of sp³-hybridized carbons (Fsp3) is 0.250. The normalized spacial score (nSPS) is 10.3. The molecule has 0 fully saturated rings. The summed E-state index contributed by atoms with van der Waals surface area (Å²) < 4.78 is 5.84. The molecule has 2 N–H and O–H groups in total. The van der Waals surface area contributed by atoms with Crippen LogP contribution in [0.15, 0.2) is 36.4 Å². The number of benzene rings is 2. The topological polar surface area (TPSA) is 41.5 Å². The van der Waals surface area contributed by atoms with E-state index in [0.29, 0.717) is 34.8 Å². The summed E-state index contributed by atoms with van der Waals surface area (Å²) in [7, 11) is 0. The Balaban J connectivity index is 0.00000264. The van der Waals surface area contributed by atoms with Gasteiger partial charge in [0.2, 0.25) is 0 Å². The van der Waals surface area contributed by atoms with Gasteiger partial charge in [0.1, 0.15) is 12.4 Å². The highest BCUT2D eigenvalue weighted by molar-refractivity contribution is 6.35. The standard InChI is InChI=1S/C16H16Cl3NO2.ClH/c17-13-3-4-16(12(7-13)9-20-5-6-21)22-10-11-1-2-14(18)8-15(11)19;/h1-4,7-8,20-21H,5-6,9-10H2;1H. The van der Waals surface area contributed by atoms with Crippen molar-refractivity contribution in [1.29, 1.82) is 0 Å². The second-order valence-corrected chi connectivity index (χ2v) is 5.96. The fourth-order valence-electron chi connectivity index (χ4n) is 1.92. The first-order valence-corrected chi connectivity index (χ1v) is 7.90. The summed E-state index contributed by atoms with van der Waals surface area (Å²) in [5, 5.41) is 13.7. The highest BCUT2D eigenvalue weighted by Gasteiger charge is 2.07. The van der Waals surface area contributed by atoms with E-state index < -0.39 is 0 Å². The Kier molecular flexibility index (Phi) is 9.07. The van der Waals surface area contributed by atoms with Crippen LogP contribution in [-0.4, -0.2) is 18.3 Å². The fourth-order valence-corrected chi connectivity index (χ4v) is 2.58. The van der Waals surface area contributed by atoms with Crippen LogP contribution in [0.5, 0.6) is 5.75 Å². The van der Waals surface area contributed by atoms with Crippen LogP contribution in [0, 0.1) is 0 Å². The molecule has 0 aliphatic carbocycles. The molecule has 0 unspecified atom stereocenters. The zero-order valence-electron chi connectivity index (χ0n) is 12.2. The molecule has 2 aromatic rings. The number of hydrogen-bond donors (Lipinski definition) is 2. The zero-order chi connectivity index (χ0) is 15.9. The van der Waals surface area contributed by atoms with Gasteiger partial charge in [0.15, 0.2) is 0 Å². The van der Waals surface area contributed by atoms with Crippen LogP contribution < -0.4 is 10.1 Å². The molecular weight excluding hydrogens is 380 g/mol. The number of ether oxygens (including phenoxy) is 1. The van der Waals surface area contributed by atoms with Crippen molar-refractivity contribution in [3.63, 3.8) is 0 Å². The largest absolute Gasteiger partial charge is 0.489 e. The predicted molar refractivity (Wildman–Crippen MR) is 98.3 cm³/mol. The van der Waals surface area contributed by atoms with Gasteiger partial charge >= 0.3 is 0 Å². The molecule has 0 saturated heterocycles. The van der Waals surface area contributed by atoms with E-state index in [1.165, 1.54) is 0 Å². The molecule has 0 atom stereocenters. The van der Waals surface area contributed by atoms with Gasteiger partial charge in [-0.25, -0.2) is 0 Å². The Hall–Kier alpha value is -0.680. The zero-order valence-corrected chi connectivity index (χ0v) is 15.3. The highest BCUT2D eigenvalue weighted by Crippen LogP contribution is 2.26. The van der Waals surface area contributed by atoms with Crippen molar-refractivity contribution in [3.05, 3.63) is 62.6 Å². The Morgan fingerprint density at radius 2 is 1.65 bits per heavy atom. The van der Waals surface area contributed by atoms with E-state index in [4.69, 9.17) is 44.6 Å². The second kappa shape index (κ2) is 10.2. The molecule has 3 nitrogen and oxygen atoms in total. The van der Waals surface area contributed by atoms with Gasteiger partial charge in [-0.3, -0.25) is 0 Å². The molecular formula is C16H17Cl4NO2. The maximum atomic E-state index is 8.83. The van der Waals surface area contributed by atoms with E-state index in [9.17, 15) is 0 Å². The summed E-state index contributed by atoms with van der Waals surface area (Å²) in [6.07, 6.45) is 0. The van der Waals surface area contributed by atoms with Crippen molar-refractivity contribution >= 4 is 47.2 Å². The van der Waals surface area contributed by atoms with Crippen molar-refractivity contribution in [2.24, 2.45) is 0 Å². The molecule has 0 bridgehead atoms. The monoisotopic (exact) mass is 395 g/mol. The summed E-state index contributed by atoms with van der Waals surface area (Å²) in [4.78, 5) is 0. The number of rotatable bonds is 7. The van der Waals surface area contributed by atoms with Crippen LogP contribution in [-0.2, 0) is 13.2 Å². The van der Waals surface area contributed by atoms with Gasteiger partial charge in [-0.1, -0.05) is 40.9 Å². The van der Waals surface area contributed by atoms with Crippen molar-refractivity contribution in [1.82, 2.24) is 5.32 Å². The lowest BCUT2D eigenvalue weighted by atomic mass is 10.2. The Morgan fingerprint density at radius 1 is 0.957 bits per heavy atom. The molecule has 2 aromatic carbocycles. The van der Waals surface area contributed by atoms with Crippen molar-refractivity contribution in [3.8, 4) is 5.75 Å². The highest BCUT2D eigenvalue weighted by atomic mass is 35.5. The minimum absolute atomic E-state index is 0. The lowest BCUT2D eigenvalue weighted by Gasteiger charge is -2.13. The van der Waals surface area contributed by atoms with Crippen LogP contribution in [0.2, 0.25) is 15.1 Å². The number of nitrogens with one attached hydrogen (secondary N) is 1. The summed E-state index contributed by atoms with van der Waals surface area (Å²) in [5.74, 6) is 0.723. The molecule has 0 spiro atoms. The summed E-state index contributed by atoms with van der Waals surface area (Å²) in [6.45, 7) is 1.49. The maximum Gasteiger partial charge on any atom is 0.124 e. The summed E-state index contributed by atoms with van der Waals surface area (Å²) in [5.41, 5.74) is 1.78. The Bertz CT molecular complexity index is 637. The minimum Gasteiger partial charge on any atom is -0.489 e. The first-order chi connectivity index (χ1) is 10.6. The number of aliphatic hydroxyl groups excluding tert-OH is 1. The Labute approximate surface area is 156 Å². The van der Waals surface area contributed by atoms with E-state index in [1.807, 2.05) is 18.2 Å². The van der Waals surface area contributed by atoms with Gasteiger partial charge in [0.25, 0.3) is 0 Å². The van der Waals surface area contributed by atoms with Gasteiger partial charge in [0, 0.05) is 39.3 Å². The van der Waals surface area contributed by atoms with Crippen LogP contribution in [0.1, 0.15) is 11.1 Å². The van der Waals surface area contributed by atoms with E-state index in [0.717, 1.165) is 16.9 Å². The first kappa shape index (κ1) is 20.4. The van der Waals surface area contributed by atoms with Gasteiger partial charge in [-0.05, 0) is 30.3 Å². The second-order valence-electron chi connectivity index (χ2n) is 4.68. The molecule has 0 heterocycles. The third-order valence-corrected chi connectivity index (χ3v) is 3.85. The van der Waals surface area contributed by atoms with Crippen molar-refractivity contribution < 1.29 is 9.84 Å². The number of hydrogen-bond acceptors (Lipinski definition) is 3. The number of aliphatic hydroxyl groups is 1. The lowest BCUT2D eigenvalue weighted by Crippen LogP contribution is -2.18. The number of halogens is 4. The third-order valence-electron chi connectivity index (χ3n) is 3.02. The van der Waals surface area contributed by atoms with Gasteiger partial charge in [0.05, 0.1) is 6.61 Å². The van der Waals surface area contributed by atoms with Crippen LogP contribution in [0.3, 0.4) is 0 Å². The molecule has 0 amide bonds. The quantitative estimate of drug-likeness (QED) is 0.664. The van der Waals surface area contributed by atoms with E-state index in [1.54, 1.807) is 18.2 Å². The van der Waals surface area contributed by atoms with Gasteiger partial charge in [-0.15, -0.1) is 12.4 Å². The van der Waals surface area contributed by atoms with Gasteiger partial charge in [-0.2, -0.15) is 0 Å². The molecule has 23 heavy (non-hydrogen) atoms. The lowest BCUT2D eigenvalue weighted by molar-refractivity contribution is 0.288. The molecule has 0 saturated carbocycles. The smallest absolute Gasteiger partial charge is 0.124 e. The van der Waals surface area contributed by atoms with Crippen LogP contribution >= 0.6 is 47.2 Å². The van der Waals surface area contributed by atoms with E-state index in [-0.39, 0.29) is 19.0 Å². The van der Waals surface area contributed by atoms with Crippen LogP contribution in [0.25, 0.3) is 0 Å². The predicted octanol–water partition coefficient (Wildman–Crippen LogP) is 4.73. The molecule has 0 radical (unpaired) electrons. The SMILES string of the molecule is Cl.OCCNCc1cc(Cl)ccc1OCc1ccc(Cl)cc1Cl. The average molecular weight is 397 g/mol. The Morgan fingerprint density at radius 3 is 2.35 bits per heavy atom. The first-order valence-electron chi connectivity index (χ1n) is 6.77. The van der Waals surface area contributed by atoms with E-state index >= 15 is 0 Å². The van der Waals surface area contributed by atoms with Gasteiger partial charge < -0.3 is 15.2 Å². The maximum absolute atomic E-state index is 8.83. The molecule has 0 aliphatic rings. The molecule has 7 heteroatoms. The third kappa shape index (κ3) is 6.38. The molecule has 126 valence electrons. The van der Waals surface area contributed by atoms with Crippen LogP contribution in [0.4, 0.5) is 0 Å². The summed E-state index contributed by atoms with van der Waals surface area (Å²) in [6, 6.07) is 10.7. The molecule has 2 rings (SSSR count). The molecule has 0 aliphatic heterocycles. The van der Waals surface area contributed by atoms with Crippen molar-refractivity contribution in [2.45, 2.75) is 13.2 Å². The average Bonchev–Trinajstić information content (AvgIpc) is 2.48. The summed E-state index contributed by atoms with van der Waals surface area (Å²) >= 11 is 18.0. The minimum atomic E-state index is 0. The van der Waals surface area contributed by atoms with E-state index in [2.05, 4.69) is 5.32 Å². The van der Waals surface area contributed by atoms with Crippen molar-refractivity contribution in [2.75, 3.05) is 13.2 Å². The molecule has 0 aromatic heterocycles.